The normalized spacial score (nSPS) is 11.1. The smallest absolute Gasteiger partial charge is 0.256 e. The van der Waals surface area contributed by atoms with Crippen molar-refractivity contribution in [2.75, 3.05) is 25.2 Å². The number of benzene rings is 2. The molecule has 1 N–H and O–H groups in total. The van der Waals surface area contributed by atoms with Gasteiger partial charge in [0.2, 0.25) is 5.91 Å². The van der Waals surface area contributed by atoms with Crippen LogP contribution in [0.5, 0.6) is 0 Å². The molecule has 4 nitrogen and oxygen atoms in total. The molecule has 2 aromatic rings. The Hall–Kier alpha value is -2.27. The summed E-state index contributed by atoms with van der Waals surface area (Å²) in [5.74, 6) is 0.147. The van der Waals surface area contributed by atoms with Gasteiger partial charge in [-0.05, 0) is 35.2 Å². The van der Waals surface area contributed by atoms with Gasteiger partial charge in [0.1, 0.15) is 0 Å². The third-order valence-corrected chi connectivity index (χ3v) is 5.05. The van der Waals surface area contributed by atoms with Crippen LogP contribution in [0, 0.1) is 0 Å². The molecule has 0 saturated heterocycles. The number of nitrogens with one attached hydrogen (secondary N) is 1. The first kappa shape index (κ1) is 20.0. The molecule has 2 amide bonds. The molecule has 0 unspecified atom stereocenters. The number of amides is 2. The summed E-state index contributed by atoms with van der Waals surface area (Å²) in [7, 11) is 3.45. The van der Waals surface area contributed by atoms with Gasteiger partial charge in [-0.2, -0.15) is 0 Å². The molecule has 2 rings (SSSR count). The average molecular weight is 371 g/mol. The number of rotatable bonds is 5. The maximum absolute atomic E-state index is 12.7. The summed E-state index contributed by atoms with van der Waals surface area (Å²) in [4.78, 5) is 26.8. The Labute approximate surface area is 160 Å². The van der Waals surface area contributed by atoms with E-state index in [4.69, 9.17) is 0 Å². The van der Waals surface area contributed by atoms with Crippen molar-refractivity contribution in [3.63, 3.8) is 0 Å². The lowest BCUT2D eigenvalue weighted by atomic mass is 9.87. The molecule has 0 bridgehead atoms. The van der Waals surface area contributed by atoms with Crippen molar-refractivity contribution in [3.8, 4) is 0 Å². The molecule has 138 valence electrons. The van der Waals surface area contributed by atoms with Crippen molar-refractivity contribution in [2.24, 2.45) is 0 Å². The van der Waals surface area contributed by atoms with Gasteiger partial charge in [-0.25, -0.2) is 0 Å². The molecule has 0 heterocycles. The van der Waals surface area contributed by atoms with Crippen LogP contribution in [0.15, 0.2) is 53.4 Å². The number of hydrogen-bond acceptors (Lipinski definition) is 3. The number of carbonyl (C=O) groups is 2. The molecule has 26 heavy (non-hydrogen) atoms. The Morgan fingerprint density at radius 1 is 1.00 bits per heavy atom. The van der Waals surface area contributed by atoms with Gasteiger partial charge in [0, 0.05) is 24.7 Å². The monoisotopic (exact) mass is 370 g/mol. The van der Waals surface area contributed by atoms with Crippen molar-refractivity contribution >= 4 is 29.3 Å². The Morgan fingerprint density at radius 2 is 1.62 bits per heavy atom. The predicted molar refractivity (Wildman–Crippen MR) is 109 cm³/mol. The standard InChI is InChI=1S/C21H26N2O2S/c1-21(2,3)15-10-12-16(13-11-15)22-20(25)17-8-6-7-9-18(17)26-14-19(24)23(4)5/h6-13H,14H2,1-5H3,(H,22,25). The molecule has 0 aliphatic carbocycles. The van der Waals surface area contributed by atoms with Gasteiger partial charge >= 0.3 is 0 Å². The van der Waals surface area contributed by atoms with Crippen LogP contribution in [0.1, 0.15) is 36.7 Å². The lowest BCUT2D eigenvalue weighted by molar-refractivity contribution is -0.125. The molecule has 5 heteroatoms. The van der Waals surface area contributed by atoms with Gasteiger partial charge in [0.25, 0.3) is 5.91 Å². The molecule has 2 aromatic carbocycles. The van der Waals surface area contributed by atoms with Crippen LogP contribution in [0.4, 0.5) is 5.69 Å². The van der Waals surface area contributed by atoms with Crippen molar-refractivity contribution in [2.45, 2.75) is 31.1 Å². The van der Waals surface area contributed by atoms with E-state index in [-0.39, 0.29) is 17.2 Å². The summed E-state index contributed by atoms with van der Waals surface area (Å²) in [5, 5.41) is 2.94. The summed E-state index contributed by atoms with van der Waals surface area (Å²) < 4.78 is 0. The van der Waals surface area contributed by atoms with Crippen molar-refractivity contribution in [3.05, 3.63) is 59.7 Å². The van der Waals surface area contributed by atoms with Crippen LogP contribution < -0.4 is 5.32 Å². The van der Waals surface area contributed by atoms with Crippen LogP contribution in [0.3, 0.4) is 0 Å². The number of hydrogen-bond donors (Lipinski definition) is 1. The minimum Gasteiger partial charge on any atom is -0.348 e. The minimum atomic E-state index is -0.172. The lowest BCUT2D eigenvalue weighted by Crippen LogP contribution is -2.23. The minimum absolute atomic E-state index is 0.0166. The highest BCUT2D eigenvalue weighted by Gasteiger charge is 2.15. The molecule has 0 fully saturated rings. The zero-order valence-corrected chi connectivity index (χ0v) is 16.8. The van der Waals surface area contributed by atoms with Crippen LogP contribution in [-0.4, -0.2) is 36.6 Å². The fourth-order valence-corrected chi connectivity index (χ4v) is 3.33. The van der Waals surface area contributed by atoms with Crippen molar-refractivity contribution in [1.29, 1.82) is 0 Å². The van der Waals surface area contributed by atoms with Crippen LogP contribution in [0.2, 0.25) is 0 Å². The van der Waals surface area contributed by atoms with Crippen molar-refractivity contribution in [1.82, 2.24) is 4.90 Å². The lowest BCUT2D eigenvalue weighted by Gasteiger charge is -2.19. The first-order valence-electron chi connectivity index (χ1n) is 8.52. The SMILES string of the molecule is CN(C)C(=O)CSc1ccccc1C(=O)Nc1ccc(C(C)(C)C)cc1. The van der Waals surface area contributed by atoms with E-state index in [1.54, 1.807) is 25.1 Å². The zero-order chi connectivity index (χ0) is 19.3. The highest BCUT2D eigenvalue weighted by Crippen LogP contribution is 2.26. The topological polar surface area (TPSA) is 49.4 Å². The van der Waals surface area contributed by atoms with Gasteiger partial charge in [-0.15, -0.1) is 11.8 Å². The zero-order valence-electron chi connectivity index (χ0n) is 16.0. The second kappa shape index (κ2) is 8.41. The average Bonchev–Trinajstić information content (AvgIpc) is 2.59. The number of nitrogens with zero attached hydrogens (tertiary/aromatic N) is 1. The van der Waals surface area contributed by atoms with Gasteiger partial charge in [-0.1, -0.05) is 45.0 Å². The summed E-state index contributed by atoms with van der Waals surface area (Å²) in [5.41, 5.74) is 2.62. The van der Waals surface area contributed by atoms with Crippen LogP contribution >= 0.6 is 11.8 Å². The molecule has 0 aliphatic rings. The third-order valence-electron chi connectivity index (χ3n) is 3.99. The van der Waals surface area contributed by atoms with Crippen LogP contribution in [-0.2, 0) is 10.2 Å². The van der Waals surface area contributed by atoms with Crippen LogP contribution in [0.25, 0.3) is 0 Å². The molecule has 0 atom stereocenters. The van der Waals surface area contributed by atoms with E-state index in [1.165, 1.54) is 17.3 Å². The maximum Gasteiger partial charge on any atom is 0.256 e. The third kappa shape index (κ3) is 5.36. The van der Waals surface area contributed by atoms with Gasteiger partial charge in [-0.3, -0.25) is 9.59 Å². The Kier molecular flexibility index (Phi) is 6.48. The van der Waals surface area contributed by atoms with E-state index in [9.17, 15) is 9.59 Å². The Balaban J connectivity index is 2.11. The van der Waals surface area contributed by atoms with Gasteiger partial charge < -0.3 is 10.2 Å². The number of anilines is 1. The van der Waals surface area contributed by atoms with Gasteiger partial charge in [0.05, 0.1) is 11.3 Å². The first-order chi connectivity index (χ1) is 12.2. The summed E-state index contributed by atoms with van der Waals surface area (Å²) in [6, 6.07) is 15.3. The predicted octanol–water partition coefficient (Wildman–Crippen LogP) is 4.42. The quantitative estimate of drug-likeness (QED) is 0.793. The fourth-order valence-electron chi connectivity index (χ4n) is 2.30. The molecular formula is C21H26N2O2S. The van der Waals surface area contributed by atoms with Crippen molar-refractivity contribution < 1.29 is 9.59 Å². The van der Waals surface area contributed by atoms with E-state index < -0.39 is 0 Å². The molecular weight excluding hydrogens is 344 g/mol. The Morgan fingerprint density at radius 3 is 2.19 bits per heavy atom. The van der Waals surface area contributed by atoms with Gasteiger partial charge in [0.15, 0.2) is 0 Å². The summed E-state index contributed by atoms with van der Waals surface area (Å²) in [6.07, 6.45) is 0. The van der Waals surface area contributed by atoms with E-state index >= 15 is 0 Å². The van der Waals surface area contributed by atoms with E-state index in [1.807, 2.05) is 42.5 Å². The second-order valence-corrected chi connectivity index (χ2v) is 8.37. The number of carbonyl (C=O) groups excluding carboxylic acids is 2. The Bertz CT molecular complexity index is 777. The molecule has 0 saturated carbocycles. The molecule has 0 spiro atoms. The second-order valence-electron chi connectivity index (χ2n) is 7.35. The molecule has 0 radical (unpaired) electrons. The first-order valence-corrected chi connectivity index (χ1v) is 9.51. The maximum atomic E-state index is 12.7. The number of thioether (sulfide) groups is 1. The van der Waals surface area contributed by atoms with E-state index in [2.05, 4.69) is 26.1 Å². The highest BCUT2D eigenvalue weighted by atomic mass is 32.2. The molecule has 0 aliphatic heterocycles. The highest BCUT2D eigenvalue weighted by molar-refractivity contribution is 8.00. The van der Waals surface area contributed by atoms with E-state index in [0.29, 0.717) is 11.3 Å². The fraction of sp³-hybridized carbons (Fsp3) is 0.333. The summed E-state index contributed by atoms with van der Waals surface area (Å²) in [6.45, 7) is 6.47. The summed E-state index contributed by atoms with van der Waals surface area (Å²) >= 11 is 1.38. The largest absolute Gasteiger partial charge is 0.348 e. The van der Waals surface area contributed by atoms with E-state index in [0.717, 1.165) is 10.6 Å². The molecule has 0 aromatic heterocycles.